The van der Waals surface area contributed by atoms with Crippen LogP contribution in [0.1, 0.15) is 45.6 Å². The van der Waals surface area contributed by atoms with Crippen molar-refractivity contribution in [3.63, 3.8) is 0 Å². The first kappa shape index (κ1) is 22.9. The van der Waals surface area contributed by atoms with Gasteiger partial charge in [0, 0.05) is 0 Å². The maximum Gasteiger partial charge on any atom is 0.338 e. The molecule has 0 amide bonds. The number of halogens is 1. The summed E-state index contributed by atoms with van der Waals surface area (Å²) >= 11 is 2.16. The average molecular weight is 512 g/mol. The summed E-state index contributed by atoms with van der Waals surface area (Å²) in [4.78, 5) is 12.7. The van der Waals surface area contributed by atoms with Crippen LogP contribution in [0.3, 0.4) is 0 Å². The van der Waals surface area contributed by atoms with Gasteiger partial charge in [0.2, 0.25) is 5.88 Å². The number of ether oxygens (including phenoxy) is 4. The summed E-state index contributed by atoms with van der Waals surface area (Å²) in [5.41, 5.74) is 7.04. The molecule has 1 heterocycles. The number of nitriles is 1. The molecule has 0 spiro atoms. The van der Waals surface area contributed by atoms with Crippen molar-refractivity contribution in [2.75, 3.05) is 19.8 Å². The lowest BCUT2D eigenvalue weighted by Crippen LogP contribution is -2.25. The lowest BCUT2D eigenvalue weighted by Gasteiger charge is -2.27. The highest BCUT2D eigenvalue weighted by molar-refractivity contribution is 14.1. The highest BCUT2D eigenvalue weighted by Gasteiger charge is 2.37. The SMILES string of the molecule is CCCOc1c(I)cc(C2C(C#N)=C(N)OC(C)=C2C(=O)OCC)cc1OCC. The van der Waals surface area contributed by atoms with Crippen LogP contribution in [0.25, 0.3) is 0 Å². The number of hydrogen-bond acceptors (Lipinski definition) is 7. The van der Waals surface area contributed by atoms with E-state index in [0.717, 1.165) is 9.99 Å². The maximum absolute atomic E-state index is 12.7. The molecule has 1 aromatic rings. The quantitative estimate of drug-likeness (QED) is 0.413. The van der Waals surface area contributed by atoms with Gasteiger partial charge in [-0.3, -0.25) is 0 Å². The second kappa shape index (κ2) is 10.4. The number of nitrogens with zero attached hydrogens (tertiary/aromatic N) is 1. The lowest BCUT2D eigenvalue weighted by molar-refractivity contribution is -0.139. The van der Waals surface area contributed by atoms with Crippen molar-refractivity contribution in [1.82, 2.24) is 0 Å². The fraction of sp³-hybridized carbons (Fsp3) is 0.429. The summed E-state index contributed by atoms with van der Waals surface area (Å²) in [7, 11) is 0. The summed E-state index contributed by atoms with van der Waals surface area (Å²) in [5.74, 6) is 0.201. The molecule has 156 valence electrons. The molecule has 1 aliphatic heterocycles. The Balaban J connectivity index is 2.67. The van der Waals surface area contributed by atoms with Crippen LogP contribution in [0.4, 0.5) is 0 Å². The molecule has 1 aliphatic rings. The summed E-state index contributed by atoms with van der Waals surface area (Å²) < 4.78 is 23.1. The van der Waals surface area contributed by atoms with Crippen molar-refractivity contribution in [1.29, 1.82) is 5.26 Å². The lowest BCUT2D eigenvalue weighted by atomic mass is 9.83. The minimum absolute atomic E-state index is 0.0256. The van der Waals surface area contributed by atoms with E-state index in [0.29, 0.717) is 36.0 Å². The fourth-order valence-corrected chi connectivity index (χ4v) is 3.83. The van der Waals surface area contributed by atoms with Crippen molar-refractivity contribution in [2.24, 2.45) is 5.73 Å². The zero-order valence-corrected chi connectivity index (χ0v) is 19.2. The minimum atomic E-state index is -0.722. The largest absolute Gasteiger partial charge is 0.490 e. The van der Waals surface area contributed by atoms with Crippen LogP contribution in [0.15, 0.2) is 34.9 Å². The molecule has 0 fully saturated rings. The summed E-state index contributed by atoms with van der Waals surface area (Å²) in [5, 5.41) is 9.72. The Morgan fingerprint density at radius 1 is 1.28 bits per heavy atom. The van der Waals surface area contributed by atoms with Crippen molar-refractivity contribution in [2.45, 2.75) is 40.0 Å². The molecule has 1 aromatic carbocycles. The van der Waals surface area contributed by atoms with Gasteiger partial charge in [-0.25, -0.2) is 4.79 Å². The third kappa shape index (κ3) is 4.96. The van der Waals surface area contributed by atoms with Crippen LogP contribution in [0, 0.1) is 14.9 Å². The van der Waals surface area contributed by atoms with E-state index in [1.54, 1.807) is 19.9 Å². The molecule has 0 saturated carbocycles. The molecule has 8 heteroatoms. The first-order valence-corrected chi connectivity index (χ1v) is 10.5. The molecular weight excluding hydrogens is 487 g/mol. The van der Waals surface area contributed by atoms with Crippen molar-refractivity contribution >= 4 is 28.6 Å². The third-order valence-corrected chi connectivity index (χ3v) is 5.02. The highest BCUT2D eigenvalue weighted by Crippen LogP contribution is 2.44. The second-order valence-electron chi connectivity index (χ2n) is 6.23. The Kier molecular flexibility index (Phi) is 8.20. The van der Waals surface area contributed by atoms with Gasteiger partial charge in [-0.05, 0) is 67.5 Å². The Hall–Kier alpha value is -2.41. The summed E-state index contributed by atoms with van der Waals surface area (Å²) in [6.07, 6.45) is 0.857. The standard InChI is InChI=1S/C21H25IN2O5/c1-5-8-28-19-15(22)9-13(10-16(19)26-6-2)18-14(11-23)20(24)29-12(4)17(18)21(25)27-7-3/h9-10,18H,5-8,24H2,1-4H3. The van der Waals surface area contributed by atoms with E-state index >= 15 is 0 Å². The van der Waals surface area contributed by atoms with Gasteiger partial charge in [-0.1, -0.05) is 6.92 Å². The van der Waals surface area contributed by atoms with E-state index in [4.69, 9.17) is 24.7 Å². The first-order chi connectivity index (χ1) is 13.9. The van der Waals surface area contributed by atoms with Gasteiger partial charge in [0.25, 0.3) is 0 Å². The van der Waals surface area contributed by atoms with Gasteiger partial charge >= 0.3 is 5.97 Å². The number of esters is 1. The van der Waals surface area contributed by atoms with Gasteiger partial charge < -0.3 is 24.7 Å². The highest BCUT2D eigenvalue weighted by atomic mass is 127. The Labute approximate surface area is 184 Å². The van der Waals surface area contributed by atoms with E-state index in [2.05, 4.69) is 28.7 Å². The van der Waals surface area contributed by atoms with Crippen molar-refractivity contribution < 1.29 is 23.7 Å². The van der Waals surface area contributed by atoms with Gasteiger partial charge in [0.15, 0.2) is 11.5 Å². The molecule has 0 radical (unpaired) electrons. The average Bonchev–Trinajstić information content (AvgIpc) is 2.67. The zero-order valence-electron chi connectivity index (χ0n) is 17.0. The van der Waals surface area contributed by atoms with E-state index in [1.807, 2.05) is 19.9 Å². The fourth-order valence-electron chi connectivity index (χ4n) is 3.05. The molecule has 7 nitrogen and oxygen atoms in total. The summed E-state index contributed by atoms with van der Waals surface area (Å²) in [6.45, 7) is 8.45. The van der Waals surface area contributed by atoms with Crippen LogP contribution >= 0.6 is 22.6 Å². The molecular formula is C21H25IN2O5. The second-order valence-corrected chi connectivity index (χ2v) is 7.39. The predicted molar refractivity (Wildman–Crippen MR) is 116 cm³/mol. The number of allylic oxidation sites excluding steroid dienone is 2. The number of nitrogens with two attached hydrogens (primary N) is 1. The topological polar surface area (TPSA) is 104 Å². The Morgan fingerprint density at radius 3 is 2.59 bits per heavy atom. The molecule has 0 aliphatic carbocycles. The number of rotatable bonds is 8. The molecule has 0 bridgehead atoms. The smallest absolute Gasteiger partial charge is 0.338 e. The number of hydrogen-bond donors (Lipinski definition) is 1. The van der Waals surface area contributed by atoms with Crippen LogP contribution in [0.5, 0.6) is 11.5 Å². The Morgan fingerprint density at radius 2 is 2.00 bits per heavy atom. The molecule has 2 N–H and O–H groups in total. The zero-order chi connectivity index (χ0) is 21.6. The summed E-state index contributed by atoms with van der Waals surface area (Å²) in [6, 6.07) is 5.73. The monoisotopic (exact) mass is 512 g/mol. The van der Waals surface area contributed by atoms with Gasteiger partial charge in [0.1, 0.15) is 17.4 Å². The normalized spacial score (nSPS) is 16.2. The Bertz CT molecular complexity index is 886. The van der Waals surface area contributed by atoms with Gasteiger partial charge in [-0.2, -0.15) is 5.26 Å². The van der Waals surface area contributed by atoms with E-state index in [1.165, 1.54) is 0 Å². The van der Waals surface area contributed by atoms with E-state index in [9.17, 15) is 10.1 Å². The molecule has 2 rings (SSSR count). The van der Waals surface area contributed by atoms with Crippen molar-refractivity contribution in [3.05, 3.63) is 44.1 Å². The molecule has 1 atom stereocenters. The number of carbonyl (C=O) groups is 1. The minimum Gasteiger partial charge on any atom is -0.490 e. The van der Waals surface area contributed by atoms with E-state index < -0.39 is 11.9 Å². The predicted octanol–water partition coefficient (Wildman–Crippen LogP) is 4.12. The number of carbonyl (C=O) groups excluding carboxylic acids is 1. The first-order valence-electron chi connectivity index (χ1n) is 9.43. The van der Waals surface area contributed by atoms with Crippen LogP contribution in [-0.4, -0.2) is 25.8 Å². The molecule has 29 heavy (non-hydrogen) atoms. The van der Waals surface area contributed by atoms with Crippen LogP contribution < -0.4 is 15.2 Å². The van der Waals surface area contributed by atoms with Gasteiger partial charge in [-0.15, -0.1) is 0 Å². The molecule has 0 aromatic heterocycles. The third-order valence-electron chi connectivity index (χ3n) is 4.22. The van der Waals surface area contributed by atoms with Crippen molar-refractivity contribution in [3.8, 4) is 17.6 Å². The van der Waals surface area contributed by atoms with Crippen LogP contribution in [0.2, 0.25) is 0 Å². The number of benzene rings is 1. The molecule has 1 unspecified atom stereocenters. The van der Waals surface area contributed by atoms with E-state index in [-0.39, 0.29) is 23.6 Å². The van der Waals surface area contributed by atoms with Gasteiger partial charge in [0.05, 0.1) is 34.9 Å². The molecule has 0 saturated heterocycles. The maximum atomic E-state index is 12.7. The van der Waals surface area contributed by atoms with Crippen LogP contribution in [-0.2, 0) is 14.3 Å².